The molecule has 0 radical (unpaired) electrons. The number of aromatic nitrogens is 3. The van der Waals surface area contributed by atoms with Crippen molar-refractivity contribution in [3.63, 3.8) is 0 Å². The standard InChI is InChI=1S/C23H27N3O/c1-15-9-10-18(13-24-15)11-19-12-21-22(17(3)16(19)2)25-14-26(23(21)27)20-7-5-4-6-8-20/h9-10,12-14,20H,4-8,11H2,1-3H3. The molecule has 0 N–H and O–H groups in total. The second-order valence-electron chi connectivity index (χ2n) is 7.92. The molecule has 3 aromatic rings. The van der Waals surface area contributed by atoms with Crippen LogP contribution in [0.2, 0.25) is 0 Å². The fourth-order valence-electron chi connectivity index (χ4n) is 4.24. The van der Waals surface area contributed by atoms with Crippen molar-refractivity contribution in [1.29, 1.82) is 0 Å². The van der Waals surface area contributed by atoms with E-state index >= 15 is 0 Å². The van der Waals surface area contributed by atoms with Crippen LogP contribution in [-0.2, 0) is 6.42 Å². The highest BCUT2D eigenvalue weighted by Gasteiger charge is 2.19. The van der Waals surface area contributed by atoms with Gasteiger partial charge in [0, 0.05) is 17.9 Å². The van der Waals surface area contributed by atoms with Gasteiger partial charge in [-0.05, 0) is 74.4 Å². The molecule has 0 unspecified atom stereocenters. The molecule has 1 aromatic carbocycles. The van der Waals surface area contributed by atoms with E-state index in [1.54, 1.807) is 6.33 Å². The fourth-order valence-corrected chi connectivity index (χ4v) is 4.24. The Morgan fingerprint density at radius 1 is 1.04 bits per heavy atom. The van der Waals surface area contributed by atoms with Gasteiger partial charge in [0.25, 0.3) is 5.56 Å². The van der Waals surface area contributed by atoms with E-state index in [1.165, 1.54) is 36.0 Å². The summed E-state index contributed by atoms with van der Waals surface area (Å²) in [6.07, 6.45) is 10.3. The van der Waals surface area contributed by atoms with Crippen LogP contribution >= 0.6 is 0 Å². The molecule has 1 aliphatic rings. The van der Waals surface area contributed by atoms with Gasteiger partial charge in [0.1, 0.15) is 0 Å². The van der Waals surface area contributed by atoms with E-state index < -0.39 is 0 Å². The minimum atomic E-state index is 0.110. The van der Waals surface area contributed by atoms with Crippen molar-refractivity contribution in [2.75, 3.05) is 0 Å². The van der Waals surface area contributed by atoms with E-state index in [2.05, 4.69) is 35.9 Å². The molecular weight excluding hydrogens is 334 g/mol. The van der Waals surface area contributed by atoms with Crippen LogP contribution in [0.5, 0.6) is 0 Å². The lowest BCUT2D eigenvalue weighted by Gasteiger charge is -2.24. The van der Waals surface area contributed by atoms with Crippen molar-refractivity contribution < 1.29 is 0 Å². The third-order valence-electron chi connectivity index (χ3n) is 6.08. The van der Waals surface area contributed by atoms with Crippen LogP contribution in [0.25, 0.3) is 10.9 Å². The Labute approximate surface area is 160 Å². The van der Waals surface area contributed by atoms with Crippen LogP contribution in [-0.4, -0.2) is 14.5 Å². The second kappa shape index (κ2) is 7.26. The Bertz CT molecular complexity index is 1030. The molecular formula is C23H27N3O. The number of hydrogen-bond acceptors (Lipinski definition) is 3. The Hall–Kier alpha value is -2.49. The molecule has 0 amide bonds. The van der Waals surface area contributed by atoms with Crippen LogP contribution in [0.1, 0.15) is 66.1 Å². The van der Waals surface area contributed by atoms with Gasteiger partial charge < -0.3 is 0 Å². The second-order valence-corrected chi connectivity index (χ2v) is 7.92. The topological polar surface area (TPSA) is 47.8 Å². The molecule has 0 bridgehead atoms. The average Bonchev–Trinajstić information content (AvgIpc) is 2.69. The van der Waals surface area contributed by atoms with E-state index in [0.29, 0.717) is 6.04 Å². The number of benzene rings is 1. The first kappa shape index (κ1) is 17.9. The van der Waals surface area contributed by atoms with Crippen LogP contribution in [0, 0.1) is 20.8 Å². The zero-order valence-corrected chi connectivity index (χ0v) is 16.5. The van der Waals surface area contributed by atoms with Crippen LogP contribution in [0.3, 0.4) is 0 Å². The molecule has 1 aliphatic carbocycles. The SMILES string of the molecule is Cc1ccc(Cc2cc3c(=O)n(C4CCCCC4)cnc3c(C)c2C)cn1. The van der Waals surface area contributed by atoms with Crippen LogP contribution in [0.15, 0.2) is 35.5 Å². The van der Waals surface area contributed by atoms with Crippen molar-refractivity contribution in [2.45, 2.75) is 65.3 Å². The molecule has 4 rings (SSSR count). The van der Waals surface area contributed by atoms with Gasteiger partial charge in [0.2, 0.25) is 0 Å². The summed E-state index contributed by atoms with van der Waals surface area (Å²) in [5.41, 5.74) is 6.64. The Balaban J connectivity index is 1.80. The minimum absolute atomic E-state index is 0.110. The first-order valence-electron chi connectivity index (χ1n) is 9.96. The summed E-state index contributed by atoms with van der Waals surface area (Å²) < 4.78 is 1.88. The lowest BCUT2D eigenvalue weighted by molar-refractivity contribution is 0.345. The van der Waals surface area contributed by atoms with Crippen molar-refractivity contribution in [1.82, 2.24) is 14.5 Å². The summed E-state index contributed by atoms with van der Waals surface area (Å²) in [5, 5.41) is 0.751. The molecule has 4 heteroatoms. The zero-order chi connectivity index (χ0) is 19.0. The predicted octanol–water partition coefficient (Wildman–Crippen LogP) is 4.81. The van der Waals surface area contributed by atoms with E-state index in [4.69, 9.17) is 0 Å². The zero-order valence-electron chi connectivity index (χ0n) is 16.5. The van der Waals surface area contributed by atoms with Gasteiger partial charge in [-0.1, -0.05) is 25.3 Å². The highest BCUT2D eigenvalue weighted by Crippen LogP contribution is 2.28. The molecule has 2 heterocycles. The monoisotopic (exact) mass is 361 g/mol. The quantitative estimate of drug-likeness (QED) is 0.672. The molecule has 4 nitrogen and oxygen atoms in total. The first-order chi connectivity index (χ1) is 13.0. The van der Waals surface area contributed by atoms with Crippen molar-refractivity contribution in [3.8, 4) is 0 Å². The van der Waals surface area contributed by atoms with Crippen molar-refractivity contribution in [2.24, 2.45) is 0 Å². The molecule has 0 spiro atoms. The number of rotatable bonds is 3. The van der Waals surface area contributed by atoms with Gasteiger partial charge in [-0.15, -0.1) is 0 Å². The normalized spacial score (nSPS) is 15.4. The van der Waals surface area contributed by atoms with E-state index in [9.17, 15) is 4.79 Å². The number of aryl methyl sites for hydroxylation is 2. The average molecular weight is 361 g/mol. The third kappa shape index (κ3) is 3.41. The smallest absolute Gasteiger partial charge is 0.261 e. The summed E-state index contributed by atoms with van der Waals surface area (Å²) in [4.78, 5) is 22.3. The van der Waals surface area contributed by atoms with Gasteiger partial charge in [-0.25, -0.2) is 4.98 Å². The molecule has 0 aliphatic heterocycles. The third-order valence-corrected chi connectivity index (χ3v) is 6.08. The summed E-state index contributed by atoms with van der Waals surface area (Å²) in [6, 6.07) is 6.52. The highest BCUT2D eigenvalue weighted by molar-refractivity contribution is 5.83. The number of nitrogens with zero attached hydrogens (tertiary/aromatic N) is 3. The molecule has 0 atom stereocenters. The number of hydrogen-bond donors (Lipinski definition) is 0. The number of pyridine rings is 1. The molecule has 0 saturated heterocycles. The maximum Gasteiger partial charge on any atom is 0.261 e. The summed E-state index contributed by atoms with van der Waals surface area (Å²) in [5.74, 6) is 0. The fraction of sp³-hybridized carbons (Fsp3) is 0.435. The van der Waals surface area contributed by atoms with E-state index in [-0.39, 0.29) is 5.56 Å². The molecule has 2 aromatic heterocycles. The van der Waals surface area contributed by atoms with Gasteiger partial charge in [0.05, 0.1) is 17.2 Å². The van der Waals surface area contributed by atoms with Crippen molar-refractivity contribution in [3.05, 3.63) is 69.0 Å². The van der Waals surface area contributed by atoms with Gasteiger partial charge in [-0.3, -0.25) is 14.3 Å². The van der Waals surface area contributed by atoms with E-state index in [1.807, 2.05) is 23.8 Å². The summed E-state index contributed by atoms with van der Waals surface area (Å²) in [6.45, 7) is 6.20. The van der Waals surface area contributed by atoms with Crippen LogP contribution < -0.4 is 5.56 Å². The first-order valence-corrected chi connectivity index (χ1v) is 9.96. The lowest BCUT2D eigenvalue weighted by atomic mass is 9.94. The minimum Gasteiger partial charge on any atom is -0.296 e. The van der Waals surface area contributed by atoms with Gasteiger partial charge in [0.15, 0.2) is 0 Å². The Kier molecular flexibility index (Phi) is 4.81. The Morgan fingerprint density at radius 2 is 1.81 bits per heavy atom. The van der Waals surface area contributed by atoms with Gasteiger partial charge >= 0.3 is 0 Å². The molecule has 140 valence electrons. The summed E-state index contributed by atoms with van der Waals surface area (Å²) in [7, 11) is 0. The predicted molar refractivity (Wildman–Crippen MR) is 109 cm³/mol. The maximum atomic E-state index is 13.3. The number of fused-ring (bicyclic) bond motifs is 1. The van der Waals surface area contributed by atoms with E-state index in [0.717, 1.165) is 41.4 Å². The molecule has 27 heavy (non-hydrogen) atoms. The lowest BCUT2D eigenvalue weighted by Crippen LogP contribution is -2.27. The molecule has 1 saturated carbocycles. The largest absolute Gasteiger partial charge is 0.296 e. The van der Waals surface area contributed by atoms with Gasteiger partial charge in [-0.2, -0.15) is 0 Å². The Morgan fingerprint density at radius 3 is 2.52 bits per heavy atom. The van der Waals surface area contributed by atoms with Crippen LogP contribution in [0.4, 0.5) is 0 Å². The van der Waals surface area contributed by atoms with Crippen molar-refractivity contribution >= 4 is 10.9 Å². The summed E-state index contributed by atoms with van der Waals surface area (Å²) >= 11 is 0. The molecule has 1 fully saturated rings. The highest BCUT2D eigenvalue weighted by atomic mass is 16.1. The maximum absolute atomic E-state index is 13.3.